The number of fused-ring (bicyclic) bond motifs is 3. The van der Waals surface area contributed by atoms with Crippen molar-refractivity contribution in [3.05, 3.63) is 59.7 Å². The molecule has 1 saturated heterocycles. The Hall–Kier alpha value is -3.35. The summed E-state index contributed by atoms with van der Waals surface area (Å²) < 4.78 is 5.66. The average molecular weight is 479 g/mol. The fourth-order valence-electron chi connectivity index (χ4n) is 5.37. The number of alkyl carbamates (subject to hydrolysis) is 1. The first-order valence-electron chi connectivity index (χ1n) is 12.1. The molecule has 0 bridgehead atoms. The van der Waals surface area contributed by atoms with Crippen molar-refractivity contribution in [2.75, 3.05) is 13.2 Å². The molecule has 2 amide bonds. The number of nitrogens with zero attached hydrogens (tertiary/aromatic N) is 1. The fraction of sp³-hybridized carbons (Fsp3) is 0.464. The highest BCUT2D eigenvalue weighted by atomic mass is 16.5. The van der Waals surface area contributed by atoms with Gasteiger partial charge in [0.05, 0.1) is 0 Å². The van der Waals surface area contributed by atoms with Crippen LogP contribution in [0, 0.1) is 10.8 Å². The van der Waals surface area contributed by atoms with Gasteiger partial charge in [-0.15, -0.1) is 0 Å². The van der Waals surface area contributed by atoms with E-state index in [2.05, 4.69) is 17.4 Å². The number of amides is 2. The fourth-order valence-corrected chi connectivity index (χ4v) is 5.37. The molecule has 1 heterocycles. The van der Waals surface area contributed by atoms with Crippen LogP contribution >= 0.6 is 0 Å². The summed E-state index contributed by atoms with van der Waals surface area (Å²) >= 11 is 0. The number of carbonyl (C=O) groups excluding carboxylic acids is 2. The first-order valence-corrected chi connectivity index (χ1v) is 12.1. The van der Waals surface area contributed by atoms with Crippen molar-refractivity contribution in [1.29, 1.82) is 0 Å². The van der Waals surface area contributed by atoms with E-state index < -0.39 is 40.9 Å². The number of rotatable bonds is 5. The zero-order valence-electron chi connectivity index (χ0n) is 21.0. The van der Waals surface area contributed by atoms with E-state index in [1.54, 1.807) is 0 Å². The van der Waals surface area contributed by atoms with Gasteiger partial charge in [0.25, 0.3) is 0 Å². The number of benzene rings is 2. The molecule has 2 aromatic carbocycles. The van der Waals surface area contributed by atoms with Gasteiger partial charge in [0.2, 0.25) is 5.91 Å². The van der Waals surface area contributed by atoms with Crippen molar-refractivity contribution in [1.82, 2.24) is 10.2 Å². The topological polar surface area (TPSA) is 95.9 Å². The Morgan fingerprint density at radius 3 is 2.11 bits per heavy atom. The maximum absolute atomic E-state index is 13.5. The second kappa shape index (κ2) is 9.02. The van der Waals surface area contributed by atoms with Gasteiger partial charge in [-0.2, -0.15) is 0 Å². The Kier molecular flexibility index (Phi) is 6.38. The van der Waals surface area contributed by atoms with Gasteiger partial charge in [-0.25, -0.2) is 9.59 Å². The highest BCUT2D eigenvalue weighted by molar-refractivity contribution is 5.91. The molecule has 4 rings (SSSR count). The summed E-state index contributed by atoms with van der Waals surface area (Å²) in [5.74, 6) is -1.52. The first kappa shape index (κ1) is 24.8. The van der Waals surface area contributed by atoms with Crippen molar-refractivity contribution in [2.24, 2.45) is 10.8 Å². The molecule has 2 atom stereocenters. The second-order valence-electron chi connectivity index (χ2n) is 11.3. The minimum atomic E-state index is -1.03. The van der Waals surface area contributed by atoms with Crippen LogP contribution in [0.1, 0.15) is 58.1 Å². The molecule has 0 aromatic heterocycles. The summed E-state index contributed by atoms with van der Waals surface area (Å²) in [6, 6.07) is 14.3. The summed E-state index contributed by atoms with van der Waals surface area (Å²) in [6.07, 6.45) is -0.109. The predicted octanol–water partition coefficient (Wildman–Crippen LogP) is 4.65. The van der Waals surface area contributed by atoms with Crippen molar-refractivity contribution < 1.29 is 24.2 Å². The Labute approximate surface area is 206 Å². The van der Waals surface area contributed by atoms with Crippen LogP contribution in [-0.2, 0) is 14.3 Å². The Balaban J connectivity index is 1.49. The number of nitrogens with one attached hydrogen (secondary N) is 1. The van der Waals surface area contributed by atoms with Gasteiger partial charge in [0.15, 0.2) is 0 Å². The molecule has 2 aromatic rings. The lowest BCUT2D eigenvalue weighted by Gasteiger charge is -2.36. The van der Waals surface area contributed by atoms with Gasteiger partial charge in [-0.05, 0) is 39.5 Å². The van der Waals surface area contributed by atoms with Gasteiger partial charge in [0.1, 0.15) is 18.7 Å². The normalized spacial score (nSPS) is 19.6. The maximum atomic E-state index is 13.5. The Bertz CT molecular complexity index is 1100. The molecule has 0 saturated carbocycles. The highest BCUT2D eigenvalue weighted by Crippen LogP contribution is 2.44. The zero-order valence-corrected chi connectivity index (χ0v) is 21.0. The molecule has 0 radical (unpaired) electrons. The van der Waals surface area contributed by atoms with Crippen LogP contribution in [0.3, 0.4) is 0 Å². The molecule has 1 fully saturated rings. The summed E-state index contributed by atoms with van der Waals surface area (Å²) in [5.41, 5.74) is 3.29. The van der Waals surface area contributed by atoms with E-state index in [0.717, 1.165) is 22.3 Å². The van der Waals surface area contributed by atoms with Crippen molar-refractivity contribution in [2.45, 2.75) is 59.0 Å². The third-order valence-corrected chi connectivity index (χ3v) is 7.28. The first-order chi connectivity index (χ1) is 16.4. The number of hydrogen-bond acceptors (Lipinski definition) is 4. The standard InChI is InChI=1S/C28H34N2O5/c1-27(2,3)22(24(31)30-15-14-28(4,5)23(30)25(32)33)29-26(34)35-16-21-19-12-8-6-10-17(19)18-11-7-9-13-20(18)21/h6-13,21-23H,14-16H2,1-5H3,(H,29,34)(H,32,33)/t22-,23?/m0/s1. The summed E-state index contributed by atoms with van der Waals surface area (Å²) in [4.78, 5) is 39.8. The molecule has 2 aliphatic rings. The Morgan fingerprint density at radius 1 is 1.06 bits per heavy atom. The van der Waals surface area contributed by atoms with Gasteiger partial charge in [-0.3, -0.25) is 4.79 Å². The SMILES string of the molecule is CC1(C)CCN(C(=O)[C@H](NC(=O)OCC2c3ccccc3-c3ccccc32)C(C)(C)C)C1C(=O)O. The van der Waals surface area contributed by atoms with E-state index in [1.807, 2.05) is 71.0 Å². The van der Waals surface area contributed by atoms with Gasteiger partial charge in [0, 0.05) is 12.5 Å². The van der Waals surface area contributed by atoms with E-state index in [1.165, 1.54) is 4.90 Å². The average Bonchev–Trinajstić information content (AvgIpc) is 3.29. The molecule has 1 unspecified atom stereocenters. The second-order valence-corrected chi connectivity index (χ2v) is 11.3. The van der Waals surface area contributed by atoms with Crippen molar-refractivity contribution >= 4 is 18.0 Å². The third-order valence-electron chi connectivity index (χ3n) is 7.28. The minimum absolute atomic E-state index is 0.0901. The quantitative estimate of drug-likeness (QED) is 0.652. The molecular weight excluding hydrogens is 444 g/mol. The third kappa shape index (κ3) is 4.64. The zero-order chi connectivity index (χ0) is 25.5. The van der Waals surface area contributed by atoms with E-state index >= 15 is 0 Å². The van der Waals surface area contributed by atoms with Gasteiger partial charge < -0.3 is 20.1 Å². The van der Waals surface area contributed by atoms with E-state index in [-0.39, 0.29) is 12.5 Å². The number of ether oxygens (including phenoxy) is 1. The monoisotopic (exact) mass is 478 g/mol. The van der Waals surface area contributed by atoms with Crippen molar-refractivity contribution in [3.8, 4) is 11.1 Å². The number of carboxylic acids is 1. The molecule has 35 heavy (non-hydrogen) atoms. The van der Waals surface area contributed by atoms with Crippen LogP contribution in [0.25, 0.3) is 11.1 Å². The number of likely N-dealkylation sites (tertiary alicyclic amines) is 1. The summed E-state index contributed by atoms with van der Waals surface area (Å²) in [6.45, 7) is 9.71. The van der Waals surface area contributed by atoms with E-state index in [0.29, 0.717) is 13.0 Å². The van der Waals surface area contributed by atoms with Gasteiger partial charge in [-0.1, -0.05) is 83.1 Å². The molecule has 7 heteroatoms. The van der Waals surface area contributed by atoms with Crippen LogP contribution in [0.15, 0.2) is 48.5 Å². The highest BCUT2D eigenvalue weighted by Gasteiger charge is 2.50. The molecule has 7 nitrogen and oxygen atoms in total. The number of aliphatic carboxylic acids is 1. The largest absolute Gasteiger partial charge is 0.480 e. The molecule has 1 aliphatic carbocycles. The van der Waals surface area contributed by atoms with Crippen LogP contribution in [0.2, 0.25) is 0 Å². The predicted molar refractivity (Wildman–Crippen MR) is 133 cm³/mol. The molecule has 2 N–H and O–H groups in total. The lowest BCUT2D eigenvalue weighted by atomic mass is 9.83. The van der Waals surface area contributed by atoms with Gasteiger partial charge >= 0.3 is 12.1 Å². The van der Waals surface area contributed by atoms with Crippen LogP contribution in [0.5, 0.6) is 0 Å². The lowest BCUT2D eigenvalue weighted by Crippen LogP contribution is -2.58. The van der Waals surface area contributed by atoms with Crippen LogP contribution in [0.4, 0.5) is 4.79 Å². The summed E-state index contributed by atoms with van der Waals surface area (Å²) in [5, 5.41) is 12.5. The van der Waals surface area contributed by atoms with Crippen LogP contribution < -0.4 is 5.32 Å². The smallest absolute Gasteiger partial charge is 0.407 e. The molecule has 0 spiro atoms. The van der Waals surface area contributed by atoms with E-state index in [9.17, 15) is 19.5 Å². The van der Waals surface area contributed by atoms with E-state index in [4.69, 9.17) is 4.74 Å². The number of hydrogen-bond donors (Lipinski definition) is 2. The van der Waals surface area contributed by atoms with Crippen LogP contribution in [-0.4, -0.2) is 53.2 Å². The minimum Gasteiger partial charge on any atom is -0.480 e. The number of carbonyl (C=O) groups is 3. The number of carboxylic acid groups (broad SMARTS) is 1. The Morgan fingerprint density at radius 2 is 1.60 bits per heavy atom. The molecule has 186 valence electrons. The summed E-state index contributed by atoms with van der Waals surface area (Å²) in [7, 11) is 0. The van der Waals surface area contributed by atoms with Crippen molar-refractivity contribution in [3.63, 3.8) is 0 Å². The lowest BCUT2D eigenvalue weighted by molar-refractivity contribution is -0.153. The molecular formula is C28H34N2O5. The maximum Gasteiger partial charge on any atom is 0.407 e. The molecule has 1 aliphatic heterocycles.